The van der Waals surface area contributed by atoms with E-state index in [4.69, 9.17) is 0 Å². The maximum Gasteiger partial charge on any atom is 0.238 e. The molecular formula is C17H13N7O. The maximum absolute atomic E-state index is 12.9. The molecule has 8 nitrogen and oxygen atoms in total. The zero-order chi connectivity index (χ0) is 17.0. The Bertz CT molecular complexity index is 1050. The lowest BCUT2D eigenvalue weighted by atomic mass is 9.74. The molecule has 0 bridgehead atoms. The summed E-state index contributed by atoms with van der Waals surface area (Å²) in [5.41, 5.74) is 1.38. The number of nitriles is 1. The number of anilines is 2. The second-order valence-corrected chi connectivity index (χ2v) is 6.35. The fourth-order valence-corrected chi connectivity index (χ4v) is 3.97. The van der Waals surface area contributed by atoms with Gasteiger partial charge in [0.05, 0.1) is 12.0 Å². The van der Waals surface area contributed by atoms with Gasteiger partial charge in [-0.3, -0.25) is 9.20 Å². The normalized spacial score (nSPS) is 24.5. The number of rotatable bonds is 1. The molecular weight excluding hydrogens is 318 g/mol. The number of para-hydroxylation sites is 1. The first-order valence-corrected chi connectivity index (χ1v) is 7.94. The first kappa shape index (κ1) is 13.9. The van der Waals surface area contributed by atoms with Crippen molar-refractivity contribution in [2.75, 3.05) is 23.3 Å². The molecule has 1 amide bonds. The minimum Gasteiger partial charge on any atom is -0.351 e. The molecule has 2 aliphatic rings. The number of benzene rings is 1. The number of nitrogens with zero attached hydrogens (tertiary/aromatic N) is 6. The van der Waals surface area contributed by atoms with Crippen LogP contribution in [0.15, 0.2) is 43.0 Å². The lowest BCUT2D eigenvalue weighted by Crippen LogP contribution is -2.42. The van der Waals surface area contributed by atoms with Gasteiger partial charge in [0.25, 0.3) is 0 Å². The van der Waals surface area contributed by atoms with Crippen LogP contribution in [0.3, 0.4) is 0 Å². The molecule has 0 saturated carbocycles. The summed E-state index contributed by atoms with van der Waals surface area (Å²) in [5.74, 6) is 0.0339. The zero-order valence-electron chi connectivity index (χ0n) is 13.1. The smallest absolute Gasteiger partial charge is 0.238 e. The van der Waals surface area contributed by atoms with Crippen LogP contribution in [0, 0.1) is 17.2 Å². The molecule has 0 unspecified atom stereocenters. The third-order valence-electron chi connectivity index (χ3n) is 5.15. The highest BCUT2D eigenvalue weighted by Gasteiger charge is 2.58. The summed E-state index contributed by atoms with van der Waals surface area (Å²) >= 11 is 0. The molecule has 2 aliphatic heterocycles. The molecule has 2 aromatic heterocycles. The molecule has 0 aliphatic carbocycles. The van der Waals surface area contributed by atoms with Crippen molar-refractivity contribution < 1.29 is 4.79 Å². The lowest BCUT2D eigenvalue weighted by molar-refractivity contribution is -0.120. The summed E-state index contributed by atoms with van der Waals surface area (Å²) in [5, 5.41) is 20.7. The Hall–Kier alpha value is -3.47. The molecule has 1 N–H and O–H groups in total. The summed E-state index contributed by atoms with van der Waals surface area (Å²) < 4.78 is 1.78. The van der Waals surface area contributed by atoms with E-state index in [1.54, 1.807) is 23.1 Å². The van der Waals surface area contributed by atoms with E-state index >= 15 is 0 Å². The molecule has 1 fully saturated rings. The minimum absolute atomic E-state index is 0.129. The van der Waals surface area contributed by atoms with Crippen LogP contribution in [-0.2, 0) is 10.2 Å². The quantitative estimate of drug-likeness (QED) is 0.713. The number of hydrogen-bond donors (Lipinski definition) is 1. The molecule has 0 radical (unpaired) electrons. The predicted molar refractivity (Wildman–Crippen MR) is 88.8 cm³/mol. The Morgan fingerprint density at radius 1 is 1.36 bits per heavy atom. The number of fused-ring (bicyclic) bond motifs is 3. The van der Waals surface area contributed by atoms with E-state index in [0.717, 1.165) is 11.3 Å². The molecule has 25 heavy (non-hydrogen) atoms. The van der Waals surface area contributed by atoms with E-state index in [2.05, 4.69) is 26.6 Å². The number of carbonyl (C=O) groups excluding carboxylic acids is 1. The highest BCUT2D eigenvalue weighted by molar-refractivity contribution is 6.07. The lowest BCUT2D eigenvalue weighted by Gasteiger charge is -2.24. The fraction of sp³-hybridized carbons (Fsp3) is 0.235. The van der Waals surface area contributed by atoms with E-state index < -0.39 is 11.3 Å². The van der Waals surface area contributed by atoms with Crippen molar-refractivity contribution in [1.82, 2.24) is 19.6 Å². The van der Waals surface area contributed by atoms with Gasteiger partial charge in [0.15, 0.2) is 5.82 Å². The molecule has 8 heteroatoms. The second kappa shape index (κ2) is 4.77. The van der Waals surface area contributed by atoms with Gasteiger partial charge in [-0.25, -0.2) is 4.98 Å². The molecule has 1 aromatic carbocycles. The van der Waals surface area contributed by atoms with Gasteiger partial charge in [0.2, 0.25) is 11.6 Å². The van der Waals surface area contributed by atoms with Gasteiger partial charge in [0, 0.05) is 31.2 Å². The SMILES string of the molecule is N#C[C@@H]1CN(c2nccn3cnnc23)C[C@]12C(=O)Nc1ccccc12. The van der Waals surface area contributed by atoms with Gasteiger partial charge in [-0.2, -0.15) is 5.26 Å². The highest BCUT2D eigenvalue weighted by Crippen LogP contribution is 2.48. The Kier molecular flexibility index (Phi) is 2.65. The van der Waals surface area contributed by atoms with Gasteiger partial charge in [0.1, 0.15) is 11.7 Å². The van der Waals surface area contributed by atoms with Crippen LogP contribution in [0.1, 0.15) is 5.56 Å². The number of nitrogens with one attached hydrogen (secondary N) is 1. The summed E-state index contributed by atoms with van der Waals surface area (Å²) in [6.45, 7) is 0.797. The van der Waals surface area contributed by atoms with Crippen molar-refractivity contribution in [1.29, 1.82) is 5.26 Å². The molecule has 2 atom stereocenters. The summed E-state index contributed by atoms with van der Waals surface area (Å²) in [4.78, 5) is 19.3. The number of aromatic nitrogens is 4. The summed E-state index contributed by atoms with van der Waals surface area (Å²) in [6.07, 6.45) is 5.04. The number of hydrogen-bond acceptors (Lipinski definition) is 6. The summed E-state index contributed by atoms with van der Waals surface area (Å²) in [6, 6.07) is 9.91. The molecule has 5 rings (SSSR count). The Labute approximate surface area is 142 Å². The molecule has 3 aromatic rings. The Morgan fingerprint density at radius 3 is 3.12 bits per heavy atom. The zero-order valence-corrected chi connectivity index (χ0v) is 13.1. The molecule has 4 heterocycles. The van der Waals surface area contributed by atoms with Crippen LogP contribution in [-0.4, -0.2) is 38.6 Å². The van der Waals surface area contributed by atoms with Gasteiger partial charge in [-0.1, -0.05) is 18.2 Å². The van der Waals surface area contributed by atoms with Gasteiger partial charge < -0.3 is 10.2 Å². The van der Waals surface area contributed by atoms with Crippen molar-refractivity contribution in [3.63, 3.8) is 0 Å². The van der Waals surface area contributed by atoms with Crippen LogP contribution in [0.4, 0.5) is 11.5 Å². The highest BCUT2D eigenvalue weighted by atomic mass is 16.2. The molecule has 1 spiro atoms. The average Bonchev–Trinajstić information content (AvgIpc) is 3.33. The van der Waals surface area contributed by atoms with E-state index in [-0.39, 0.29) is 5.91 Å². The van der Waals surface area contributed by atoms with Crippen molar-refractivity contribution in [2.45, 2.75) is 5.41 Å². The largest absolute Gasteiger partial charge is 0.351 e. The van der Waals surface area contributed by atoms with Gasteiger partial charge >= 0.3 is 0 Å². The van der Waals surface area contributed by atoms with E-state index in [1.807, 2.05) is 29.2 Å². The van der Waals surface area contributed by atoms with Gasteiger partial charge in [-0.15, -0.1) is 10.2 Å². The first-order chi connectivity index (χ1) is 12.2. The van der Waals surface area contributed by atoms with Crippen molar-refractivity contribution in [2.24, 2.45) is 5.92 Å². The van der Waals surface area contributed by atoms with Crippen molar-refractivity contribution in [3.05, 3.63) is 48.5 Å². The molecule has 122 valence electrons. The van der Waals surface area contributed by atoms with Crippen molar-refractivity contribution in [3.8, 4) is 6.07 Å². The standard InChI is InChI=1S/C17H13N7O/c18-7-11-8-24(14-15-22-20-10-23(15)6-5-19-14)9-17(11)12-3-1-2-4-13(12)21-16(17)25/h1-6,10-11H,8-9H2,(H,21,25)/t11-,17+/m1/s1. The van der Waals surface area contributed by atoms with Crippen molar-refractivity contribution >= 4 is 23.1 Å². The second-order valence-electron chi connectivity index (χ2n) is 6.35. The maximum atomic E-state index is 12.9. The predicted octanol–water partition coefficient (Wildman–Crippen LogP) is 0.974. The monoisotopic (exact) mass is 331 g/mol. The Morgan fingerprint density at radius 2 is 2.24 bits per heavy atom. The van der Waals surface area contributed by atoms with Crippen LogP contribution in [0.25, 0.3) is 5.65 Å². The van der Waals surface area contributed by atoms with Crippen LogP contribution >= 0.6 is 0 Å². The van der Waals surface area contributed by atoms with E-state index in [0.29, 0.717) is 24.6 Å². The van der Waals surface area contributed by atoms with Crippen LogP contribution in [0.5, 0.6) is 0 Å². The number of amides is 1. The minimum atomic E-state index is -0.889. The summed E-state index contributed by atoms with van der Waals surface area (Å²) in [7, 11) is 0. The third kappa shape index (κ3) is 1.69. The van der Waals surface area contributed by atoms with Crippen LogP contribution < -0.4 is 10.2 Å². The van der Waals surface area contributed by atoms with E-state index in [1.165, 1.54) is 0 Å². The van der Waals surface area contributed by atoms with Crippen LogP contribution in [0.2, 0.25) is 0 Å². The van der Waals surface area contributed by atoms with E-state index in [9.17, 15) is 10.1 Å². The topological polar surface area (TPSA) is 99.2 Å². The first-order valence-electron chi connectivity index (χ1n) is 7.94. The molecule has 1 saturated heterocycles. The fourth-order valence-electron chi connectivity index (χ4n) is 3.97. The average molecular weight is 331 g/mol. The third-order valence-corrected chi connectivity index (χ3v) is 5.15. The Balaban J connectivity index is 1.66. The number of carbonyl (C=O) groups is 1. The van der Waals surface area contributed by atoms with Gasteiger partial charge in [-0.05, 0) is 11.6 Å².